The molecule has 0 aromatic carbocycles. The third-order valence-electron chi connectivity index (χ3n) is 3.61. The first-order valence-electron chi connectivity index (χ1n) is 6.00. The smallest absolute Gasteiger partial charge is 0.237 e. The Morgan fingerprint density at radius 3 is 3.07 bits per heavy atom. The Balaban J connectivity index is 1.75. The van der Waals surface area contributed by atoms with E-state index in [1.165, 1.54) is 19.4 Å². The van der Waals surface area contributed by atoms with E-state index >= 15 is 0 Å². The summed E-state index contributed by atoms with van der Waals surface area (Å²) in [6.45, 7) is 7.22. The monoisotopic (exact) mass is 211 g/mol. The number of piperazine rings is 1. The zero-order valence-electron chi connectivity index (χ0n) is 9.46. The molecule has 2 N–H and O–H groups in total. The van der Waals surface area contributed by atoms with E-state index in [0.29, 0.717) is 0 Å². The molecule has 2 saturated heterocycles. The molecule has 0 saturated carbocycles. The molecule has 2 heterocycles. The number of rotatable bonds is 3. The molecule has 0 radical (unpaired) electrons. The molecule has 15 heavy (non-hydrogen) atoms. The number of nitrogens with one attached hydrogen (secondary N) is 2. The minimum atomic E-state index is 0.0631. The van der Waals surface area contributed by atoms with Crippen molar-refractivity contribution in [1.29, 1.82) is 0 Å². The second-order valence-corrected chi connectivity index (χ2v) is 4.65. The van der Waals surface area contributed by atoms with Crippen molar-refractivity contribution in [3.8, 4) is 0 Å². The minimum Gasteiger partial charge on any atom is -0.353 e. The lowest BCUT2D eigenvalue weighted by molar-refractivity contribution is -0.128. The second kappa shape index (κ2) is 4.94. The van der Waals surface area contributed by atoms with Crippen molar-refractivity contribution in [3.63, 3.8) is 0 Å². The molecular weight excluding hydrogens is 190 g/mol. The van der Waals surface area contributed by atoms with Gasteiger partial charge in [-0.15, -0.1) is 0 Å². The highest BCUT2D eigenvalue weighted by molar-refractivity contribution is 5.81. The Morgan fingerprint density at radius 1 is 1.47 bits per heavy atom. The summed E-state index contributed by atoms with van der Waals surface area (Å²) in [5, 5.41) is 6.28. The summed E-state index contributed by atoms with van der Waals surface area (Å²) in [7, 11) is 0. The van der Waals surface area contributed by atoms with Crippen LogP contribution in [0.15, 0.2) is 0 Å². The molecule has 2 unspecified atom stereocenters. The molecule has 0 bridgehead atoms. The summed E-state index contributed by atoms with van der Waals surface area (Å²) in [6.07, 6.45) is 2.53. The summed E-state index contributed by atoms with van der Waals surface area (Å²) < 4.78 is 0. The molecule has 2 atom stereocenters. The zero-order chi connectivity index (χ0) is 10.7. The molecule has 0 aromatic heterocycles. The highest BCUT2D eigenvalue weighted by Crippen LogP contribution is 2.14. The standard InChI is InChI=1S/C11H21N3O/c1-9-11(15)13-5-7-14(9)6-3-10-2-4-12-8-10/h9-10,12H,2-8H2,1H3,(H,13,15). The van der Waals surface area contributed by atoms with E-state index in [4.69, 9.17) is 0 Å². The van der Waals surface area contributed by atoms with E-state index in [9.17, 15) is 4.79 Å². The maximum atomic E-state index is 11.4. The van der Waals surface area contributed by atoms with E-state index in [1.54, 1.807) is 0 Å². The number of carbonyl (C=O) groups is 1. The Morgan fingerprint density at radius 2 is 2.33 bits per heavy atom. The van der Waals surface area contributed by atoms with Crippen molar-refractivity contribution in [2.75, 3.05) is 32.7 Å². The van der Waals surface area contributed by atoms with Crippen molar-refractivity contribution >= 4 is 5.91 Å². The van der Waals surface area contributed by atoms with Crippen molar-refractivity contribution in [2.24, 2.45) is 5.92 Å². The normalized spacial score (nSPS) is 33.0. The van der Waals surface area contributed by atoms with Gasteiger partial charge in [0.1, 0.15) is 0 Å². The average molecular weight is 211 g/mol. The van der Waals surface area contributed by atoms with Crippen LogP contribution in [0.1, 0.15) is 19.8 Å². The fraction of sp³-hybridized carbons (Fsp3) is 0.909. The Hall–Kier alpha value is -0.610. The molecule has 4 nitrogen and oxygen atoms in total. The van der Waals surface area contributed by atoms with Crippen molar-refractivity contribution in [1.82, 2.24) is 15.5 Å². The van der Waals surface area contributed by atoms with Gasteiger partial charge in [-0.3, -0.25) is 9.69 Å². The van der Waals surface area contributed by atoms with Crippen LogP contribution in [-0.4, -0.2) is 49.6 Å². The molecule has 2 aliphatic heterocycles. The summed E-state index contributed by atoms with van der Waals surface area (Å²) in [5.74, 6) is 1.01. The summed E-state index contributed by atoms with van der Waals surface area (Å²) in [6, 6.07) is 0.0631. The number of hydrogen-bond acceptors (Lipinski definition) is 3. The molecule has 2 aliphatic rings. The van der Waals surface area contributed by atoms with E-state index in [0.717, 1.165) is 32.1 Å². The van der Waals surface area contributed by atoms with E-state index in [2.05, 4.69) is 15.5 Å². The Bertz CT molecular complexity index is 226. The van der Waals surface area contributed by atoms with Gasteiger partial charge in [0.2, 0.25) is 5.91 Å². The van der Waals surface area contributed by atoms with Crippen molar-refractivity contribution in [2.45, 2.75) is 25.8 Å². The van der Waals surface area contributed by atoms with E-state index in [1.807, 2.05) is 6.92 Å². The van der Waals surface area contributed by atoms with Crippen LogP contribution >= 0.6 is 0 Å². The number of carbonyl (C=O) groups excluding carboxylic acids is 1. The fourth-order valence-electron chi connectivity index (χ4n) is 2.44. The Kier molecular flexibility index (Phi) is 3.59. The van der Waals surface area contributed by atoms with Crippen molar-refractivity contribution in [3.05, 3.63) is 0 Å². The van der Waals surface area contributed by atoms with Gasteiger partial charge in [0, 0.05) is 13.1 Å². The van der Waals surface area contributed by atoms with Gasteiger partial charge in [-0.05, 0) is 45.3 Å². The van der Waals surface area contributed by atoms with Crippen molar-refractivity contribution < 1.29 is 4.79 Å². The summed E-state index contributed by atoms with van der Waals surface area (Å²) in [5.41, 5.74) is 0. The zero-order valence-corrected chi connectivity index (χ0v) is 9.46. The predicted molar refractivity (Wildman–Crippen MR) is 59.6 cm³/mol. The van der Waals surface area contributed by atoms with Gasteiger partial charge < -0.3 is 10.6 Å². The predicted octanol–water partition coefficient (Wildman–Crippen LogP) is -0.194. The van der Waals surface area contributed by atoms with Gasteiger partial charge in [-0.1, -0.05) is 0 Å². The molecule has 1 amide bonds. The first kappa shape index (κ1) is 10.9. The number of amides is 1. The molecular formula is C11H21N3O. The van der Waals surface area contributed by atoms with Gasteiger partial charge in [-0.25, -0.2) is 0 Å². The van der Waals surface area contributed by atoms with E-state index < -0.39 is 0 Å². The average Bonchev–Trinajstić information content (AvgIpc) is 2.73. The third kappa shape index (κ3) is 2.69. The first-order valence-corrected chi connectivity index (χ1v) is 6.00. The Labute approximate surface area is 91.4 Å². The molecule has 2 rings (SSSR count). The quantitative estimate of drug-likeness (QED) is 0.680. The second-order valence-electron chi connectivity index (χ2n) is 4.65. The lowest BCUT2D eigenvalue weighted by Gasteiger charge is -2.33. The highest BCUT2D eigenvalue weighted by atomic mass is 16.2. The van der Waals surface area contributed by atoms with Crippen LogP contribution in [0.5, 0.6) is 0 Å². The van der Waals surface area contributed by atoms with E-state index in [-0.39, 0.29) is 11.9 Å². The van der Waals surface area contributed by atoms with Crippen LogP contribution < -0.4 is 10.6 Å². The largest absolute Gasteiger partial charge is 0.353 e. The van der Waals surface area contributed by atoms with Crippen LogP contribution in [0, 0.1) is 5.92 Å². The first-order chi connectivity index (χ1) is 7.27. The fourth-order valence-corrected chi connectivity index (χ4v) is 2.44. The number of nitrogens with zero attached hydrogens (tertiary/aromatic N) is 1. The summed E-state index contributed by atoms with van der Waals surface area (Å²) in [4.78, 5) is 13.7. The van der Waals surface area contributed by atoms with Crippen LogP contribution in [0.25, 0.3) is 0 Å². The van der Waals surface area contributed by atoms with Gasteiger partial charge in [0.25, 0.3) is 0 Å². The van der Waals surface area contributed by atoms with Crippen LogP contribution in [0.2, 0.25) is 0 Å². The molecule has 0 aliphatic carbocycles. The summed E-state index contributed by atoms with van der Waals surface area (Å²) >= 11 is 0. The lowest BCUT2D eigenvalue weighted by Crippen LogP contribution is -2.54. The van der Waals surface area contributed by atoms with Crippen LogP contribution in [0.4, 0.5) is 0 Å². The van der Waals surface area contributed by atoms with Gasteiger partial charge >= 0.3 is 0 Å². The van der Waals surface area contributed by atoms with Gasteiger partial charge in [0.05, 0.1) is 6.04 Å². The molecule has 2 fully saturated rings. The molecule has 0 spiro atoms. The third-order valence-corrected chi connectivity index (χ3v) is 3.61. The SMILES string of the molecule is CC1C(=O)NCCN1CCC1CCNC1. The van der Waals surface area contributed by atoms with Gasteiger partial charge in [-0.2, -0.15) is 0 Å². The molecule has 0 aromatic rings. The lowest BCUT2D eigenvalue weighted by atomic mass is 10.0. The minimum absolute atomic E-state index is 0.0631. The maximum absolute atomic E-state index is 11.4. The maximum Gasteiger partial charge on any atom is 0.237 e. The highest BCUT2D eigenvalue weighted by Gasteiger charge is 2.26. The molecule has 4 heteroatoms. The number of hydrogen-bond donors (Lipinski definition) is 2. The van der Waals surface area contributed by atoms with Gasteiger partial charge in [0.15, 0.2) is 0 Å². The topological polar surface area (TPSA) is 44.4 Å². The van der Waals surface area contributed by atoms with Crippen LogP contribution in [-0.2, 0) is 4.79 Å². The molecule has 86 valence electrons. The van der Waals surface area contributed by atoms with Crippen LogP contribution in [0.3, 0.4) is 0 Å².